The first kappa shape index (κ1) is 14.6. The average Bonchev–Trinajstić information content (AvgIpc) is 2.86. The summed E-state index contributed by atoms with van der Waals surface area (Å²) in [7, 11) is 0. The average molecular weight is 287 g/mol. The predicted octanol–water partition coefficient (Wildman–Crippen LogP) is 2.89. The molecule has 5 heteroatoms. The van der Waals surface area contributed by atoms with Gasteiger partial charge in [0.1, 0.15) is 0 Å². The molecule has 0 amide bonds. The van der Waals surface area contributed by atoms with Crippen molar-refractivity contribution in [2.45, 2.75) is 37.4 Å². The number of hydrogen-bond donors (Lipinski definition) is 1. The molecule has 2 aromatic rings. The van der Waals surface area contributed by atoms with Gasteiger partial charge in [0, 0.05) is 12.3 Å². The van der Waals surface area contributed by atoms with Crippen molar-refractivity contribution in [1.82, 2.24) is 9.55 Å². The van der Waals surface area contributed by atoms with Crippen LogP contribution in [0.2, 0.25) is 0 Å². The van der Waals surface area contributed by atoms with E-state index in [0.717, 1.165) is 16.6 Å². The molecule has 0 aliphatic carbocycles. The van der Waals surface area contributed by atoms with Crippen LogP contribution >= 0.6 is 11.8 Å². The first-order valence-electron chi connectivity index (χ1n) is 6.45. The fourth-order valence-corrected chi connectivity index (χ4v) is 2.85. The van der Waals surface area contributed by atoms with E-state index < -0.39 is 0 Å². The molecule has 104 valence electrons. The van der Waals surface area contributed by atoms with Crippen LogP contribution in [-0.2, 0) is 18.9 Å². The number of nitriles is 1. The summed E-state index contributed by atoms with van der Waals surface area (Å²) in [5.74, 6) is 0.828. The van der Waals surface area contributed by atoms with Crippen molar-refractivity contribution in [3.63, 3.8) is 0 Å². The molecule has 1 heterocycles. The molecule has 0 fully saturated rings. The van der Waals surface area contributed by atoms with Gasteiger partial charge in [-0.2, -0.15) is 5.26 Å². The number of hydrogen-bond acceptors (Lipinski definition) is 4. The second-order valence-electron chi connectivity index (χ2n) is 4.52. The largest absolute Gasteiger partial charge is 0.390 e. The SMILES string of the molecule is Cc1ccc(CSc2ncc(CO)n2CCC#N)cc1. The Balaban J connectivity index is 2.07. The van der Waals surface area contributed by atoms with E-state index in [4.69, 9.17) is 5.26 Å². The lowest BCUT2D eigenvalue weighted by Crippen LogP contribution is -2.04. The van der Waals surface area contributed by atoms with Crippen LogP contribution in [-0.4, -0.2) is 14.7 Å². The first-order valence-corrected chi connectivity index (χ1v) is 7.43. The third kappa shape index (κ3) is 3.62. The van der Waals surface area contributed by atoms with Crippen molar-refractivity contribution in [2.24, 2.45) is 0 Å². The van der Waals surface area contributed by atoms with E-state index in [1.807, 2.05) is 4.57 Å². The summed E-state index contributed by atoms with van der Waals surface area (Å²) in [6.45, 7) is 2.59. The molecule has 4 nitrogen and oxygen atoms in total. The molecular formula is C15H17N3OS. The maximum absolute atomic E-state index is 9.29. The van der Waals surface area contributed by atoms with E-state index in [2.05, 4.69) is 42.2 Å². The zero-order valence-electron chi connectivity index (χ0n) is 11.4. The zero-order chi connectivity index (χ0) is 14.4. The standard InChI is InChI=1S/C15H17N3OS/c1-12-3-5-13(6-4-12)11-20-15-17-9-14(10-19)18(15)8-2-7-16/h3-6,9,19H,2,8,10-11H2,1H3. The number of thioether (sulfide) groups is 1. The van der Waals surface area contributed by atoms with Gasteiger partial charge in [-0.25, -0.2) is 4.98 Å². The summed E-state index contributed by atoms with van der Waals surface area (Å²) in [6.07, 6.45) is 2.09. The second kappa shape index (κ2) is 7.13. The van der Waals surface area contributed by atoms with E-state index in [1.165, 1.54) is 11.1 Å². The third-order valence-corrected chi connectivity index (χ3v) is 4.06. The summed E-state index contributed by atoms with van der Waals surface area (Å²) < 4.78 is 1.92. The Hall–Kier alpha value is -1.77. The molecule has 20 heavy (non-hydrogen) atoms. The molecule has 0 saturated heterocycles. The Morgan fingerprint density at radius 3 is 2.75 bits per heavy atom. The van der Waals surface area contributed by atoms with Crippen LogP contribution in [0, 0.1) is 18.3 Å². The highest BCUT2D eigenvalue weighted by atomic mass is 32.2. The number of aryl methyl sites for hydroxylation is 1. The van der Waals surface area contributed by atoms with Crippen LogP contribution in [0.4, 0.5) is 0 Å². The topological polar surface area (TPSA) is 61.8 Å². The minimum atomic E-state index is -0.0521. The molecule has 0 unspecified atom stereocenters. The van der Waals surface area contributed by atoms with Gasteiger partial charge in [0.05, 0.1) is 31.0 Å². The van der Waals surface area contributed by atoms with Crippen LogP contribution in [0.1, 0.15) is 23.2 Å². The Labute approximate surface area is 123 Å². The Morgan fingerprint density at radius 1 is 1.35 bits per heavy atom. The fraction of sp³-hybridized carbons (Fsp3) is 0.333. The van der Waals surface area contributed by atoms with Crippen molar-refractivity contribution in [1.29, 1.82) is 5.26 Å². The van der Waals surface area contributed by atoms with Gasteiger partial charge in [-0.05, 0) is 12.5 Å². The Kier molecular flexibility index (Phi) is 5.22. The van der Waals surface area contributed by atoms with Gasteiger partial charge >= 0.3 is 0 Å². The monoisotopic (exact) mass is 287 g/mol. The third-order valence-electron chi connectivity index (χ3n) is 3.00. The molecule has 0 aliphatic rings. The zero-order valence-corrected chi connectivity index (χ0v) is 12.2. The lowest BCUT2D eigenvalue weighted by atomic mass is 10.2. The normalized spacial score (nSPS) is 10.4. The van der Waals surface area contributed by atoms with Gasteiger partial charge in [-0.15, -0.1) is 0 Å². The Bertz CT molecular complexity index is 599. The molecule has 0 spiro atoms. The predicted molar refractivity (Wildman–Crippen MR) is 79.1 cm³/mol. The number of benzene rings is 1. The van der Waals surface area contributed by atoms with Crippen LogP contribution in [0.15, 0.2) is 35.6 Å². The van der Waals surface area contributed by atoms with E-state index >= 15 is 0 Å². The van der Waals surface area contributed by atoms with E-state index in [-0.39, 0.29) is 6.61 Å². The number of aliphatic hydroxyl groups is 1. The van der Waals surface area contributed by atoms with Crippen LogP contribution in [0.5, 0.6) is 0 Å². The van der Waals surface area contributed by atoms with Crippen LogP contribution < -0.4 is 0 Å². The van der Waals surface area contributed by atoms with Crippen molar-refractivity contribution in [3.8, 4) is 6.07 Å². The smallest absolute Gasteiger partial charge is 0.168 e. The Morgan fingerprint density at radius 2 is 2.10 bits per heavy atom. The summed E-state index contributed by atoms with van der Waals surface area (Å²) in [4.78, 5) is 4.33. The highest BCUT2D eigenvalue weighted by Gasteiger charge is 2.09. The number of aliphatic hydroxyl groups excluding tert-OH is 1. The van der Waals surface area contributed by atoms with Crippen molar-refractivity contribution in [3.05, 3.63) is 47.3 Å². The molecule has 2 rings (SSSR count). The highest BCUT2D eigenvalue weighted by molar-refractivity contribution is 7.98. The van der Waals surface area contributed by atoms with Crippen molar-refractivity contribution >= 4 is 11.8 Å². The summed E-state index contributed by atoms with van der Waals surface area (Å²) in [5, 5.41) is 18.8. The fourth-order valence-electron chi connectivity index (χ4n) is 1.87. The van der Waals surface area contributed by atoms with E-state index in [9.17, 15) is 5.11 Å². The van der Waals surface area contributed by atoms with Crippen molar-refractivity contribution < 1.29 is 5.11 Å². The summed E-state index contributed by atoms with van der Waals surface area (Å²) in [5.41, 5.74) is 3.24. The number of imidazole rings is 1. The molecule has 1 aromatic heterocycles. The molecule has 1 aromatic carbocycles. The minimum absolute atomic E-state index is 0.0521. The van der Waals surface area contributed by atoms with Gasteiger partial charge in [0.25, 0.3) is 0 Å². The van der Waals surface area contributed by atoms with Crippen LogP contribution in [0.25, 0.3) is 0 Å². The van der Waals surface area contributed by atoms with E-state index in [0.29, 0.717) is 13.0 Å². The molecule has 0 aliphatic heterocycles. The number of aromatic nitrogens is 2. The van der Waals surface area contributed by atoms with Crippen LogP contribution in [0.3, 0.4) is 0 Å². The summed E-state index contributed by atoms with van der Waals surface area (Å²) in [6, 6.07) is 10.5. The van der Waals surface area contributed by atoms with Gasteiger partial charge in [0.15, 0.2) is 5.16 Å². The first-order chi connectivity index (χ1) is 9.74. The van der Waals surface area contributed by atoms with E-state index in [1.54, 1.807) is 18.0 Å². The molecule has 0 bridgehead atoms. The second-order valence-corrected chi connectivity index (χ2v) is 5.47. The molecule has 1 N–H and O–H groups in total. The maximum Gasteiger partial charge on any atom is 0.168 e. The van der Waals surface area contributed by atoms with Gasteiger partial charge in [0.2, 0.25) is 0 Å². The van der Waals surface area contributed by atoms with Gasteiger partial charge in [-0.1, -0.05) is 41.6 Å². The minimum Gasteiger partial charge on any atom is -0.390 e. The molecule has 0 saturated carbocycles. The van der Waals surface area contributed by atoms with Gasteiger partial charge < -0.3 is 9.67 Å². The summed E-state index contributed by atoms with van der Waals surface area (Å²) >= 11 is 1.62. The quantitative estimate of drug-likeness (QED) is 0.830. The lowest BCUT2D eigenvalue weighted by Gasteiger charge is -2.08. The molecular weight excluding hydrogens is 270 g/mol. The number of rotatable bonds is 6. The number of nitrogens with zero attached hydrogens (tertiary/aromatic N) is 3. The van der Waals surface area contributed by atoms with Crippen molar-refractivity contribution in [2.75, 3.05) is 0 Å². The highest BCUT2D eigenvalue weighted by Crippen LogP contribution is 2.23. The molecule has 0 radical (unpaired) electrons. The molecule has 0 atom stereocenters. The maximum atomic E-state index is 9.29. The lowest BCUT2D eigenvalue weighted by molar-refractivity contribution is 0.269. The van der Waals surface area contributed by atoms with Gasteiger partial charge in [-0.3, -0.25) is 0 Å².